The summed E-state index contributed by atoms with van der Waals surface area (Å²) >= 11 is 3.46. The Bertz CT molecular complexity index is 1000. The quantitative estimate of drug-likeness (QED) is 0.566. The number of rotatable bonds is 4. The first-order valence-corrected chi connectivity index (χ1v) is 10.6. The third kappa shape index (κ3) is 3.93. The number of carbonyl (C=O) groups is 1. The van der Waals surface area contributed by atoms with Crippen molar-refractivity contribution in [2.75, 3.05) is 0 Å². The standard InChI is InChI=1S/C24H25BrN2O/c1-16-6-11-23-20(12-16)13-17(2)27(23)22-9-7-19(8-10-22)24(28)26-15-18-4-3-5-21(25)14-18/h3-5,7-10,13-14,16H,6,11-12,15H2,1-2H3,(H,26,28)/t16-/m1/s1. The van der Waals surface area contributed by atoms with Gasteiger partial charge in [0.1, 0.15) is 0 Å². The molecule has 0 spiro atoms. The molecule has 0 saturated heterocycles. The van der Waals surface area contributed by atoms with Crippen molar-refractivity contribution >= 4 is 21.8 Å². The van der Waals surface area contributed by atoms with E-state index < -0.39 is 0 Å². The van der Waals surface area contributed by atoms with E-state index in [1.165, 1.54) is 29.8 Å². The summed E-state index contributed by atoms with van der Waals surface area (Å²) < 4.78 is 3.37. The van der Waals surface area contributed by atoms with E-state index in [4.69, 9.17) is 0 Å². The Balaban J connectivity index is 1.49. The van der Waals surface area contributed by atoms with Gasteiger partial charge in [-0.15, -0.1) is 0 Å². The lowest BCUT2D eigenvalue weighted by Gasteiger charge is -2.21. The molecular formula is C24H25BrN2O. The maximum absolute atomic E-state index is 12.5. The van der Waals surface area contributed by atoms with Crippen LogP contribution < -0.4 is 5.32 Å². The predicted octanol–water partition coefficient (Wildman–Crippen LogP) is 5.60. The molecule has 0 radical (unpaired) electrons. The fourth-order valence-electron chi connectivity index (χ4n) is 4.12. The Morgan fingerprint density at radius 1 is 1.18 bits per heavy atom. The molecule has 1 N–H and O–H groups in total. The van der Waals surface area contributed by atoms with E-state index in [2.05, 4.69) is 57.9 Å². The third-order valence-corrected chi connectivity index (χ3v) is 6.04. The van der Waals surface area contributed by atoms with Gasteiger partial charge in [-0.1, -0.05) is 35.0 Å². The summed E-state index contributed by atoms with van der Waals surface area (Å²) in [6.45, 7) is 5.02. The first-order valence-electron chi connectivity index (χ1n) is 9.84. The number of amides is 1. The highest BCUT2D eigenvalue weighted by molar-refractivity contribution is 9.10. The molecule has 0 unspecified atom stereocenters. The minimum Gasteiger partial charge on any atom is -0.348 e. The van der Waals surface area contributed by atoms with Gasteiger partial charge in [0, 0.05) is 33.7 Å². The van der Waals surface area contributed by atoms with Crippen LogP contribution in [-0.4, -0.2) is 10.5 Å². The molecule has 28 heavy (non-hydrogen) atoms. The fourth-order valence-corrected chi connectivity index (χ4v) is 4.57. The van der Waals surface area contributed by atoms with Gasteiger partial charge < -0.3 is 9.88 Å². The second-order valence-corrected chi connectivity index (χ2v) is 8.72. The SMILES string of the molecule is Cc1cc2c(n1-c1ccc(C(=O)NCc3cccc(Br)c3)cc1)CC[C@@H](C)C2. The summed E-state index contributed by atoms with van der Waals surface area (Å²) in [7, 11) is 0. The highest BCUT2D eigenvalue weighted by atomic mass is 79.9. The monoisotopic (exact) mass is 436 g/mol. The molecule has 144 valence electrons. The first kappa shape index (κ1) is 19.0. The van der Waals surface area contributed by atoms with E-state index in [-0.39, 0.29) is 5.91 Å². The van der Waals surface area contributed by atoms with Gasteiger partial charge in [0.05, 0.1) is 0 Å². The molecule has 0 saturated carbocycles. The zero-order valence-electron chi connectivity index (χ0n) is 16.3. The molecule has 3 aromatic rings. The molecule has 1 atom stereocenters. The minimum atomic E-state index is -0.0494. The van der Waals surface area contributed by atoms with Crippen LogP contribution in [0.15, 0.2) is 59.1 Å². The van der Waals surface area contributed by atoms with Crippen LogP contribution >= 0.6 is 15.9 Å². The fraction of sp³-hybridized carbons (Fsp3) is 0.292. The number of carbonyl (C=O) groups excluding carboxylic acids is 1. The van der Waals surface area contributed by atoms with Gasteiger partial charge in [0.25, 0.3) is 5.91 Å². The van der Waals surface area contributed by atoms with Gasteiger partial charge >= 0.3 is 0 Å². The average molecular weight is 437 g/mol. The number of benzene rings is 2. The number of halogens is 1. The van der Waals surface area contributed by atoms with Crippen molar-refractivity contribution < 1.29 is 4.79 Å². The summed E-state index contributed by atoms with van der Waals surface area (Å²) in [5.41, 5.74) is 7.08. The van der Waals surface area contributed by atoms with Crippen LogP contribution in [0.5, 0.6) is 0 Å². The Labute approximate surface area is 174 Å². The van der Waals surface area contributed by atoms with Gasteiger partial charge in [-0.05, 0) is 85.7 Å². The van der Waals surface area contributed by atoms with Crippen molar-refractivity contribution in [3.8, 4) is 5.69 Å². The molecule has 0 fully saturated rings. The van der Waals surface area contributed by atoms with Gasteiger partial charge in [-0.3, -0.25) is 4.79 Å². The molecule has 4 rings (SSSR count). The Kier molecular flexibility index (Phi) is 5.40. The molecule has 3 nitrogen and oxygen atoms in total. The van der Waals surface area contributed by atoms with Crippen molar-refractivity contribution in [2.45, 2.75) is 39.7 Å². The maximum atomic E-state index is 12.5. The van der Waals surface area contributed by atoms with E-state index in [1.807, 2.05) is 36.4 Å². The zero-order chi connectivity index (χ0) is 19.7. The van der Waals surface area contributed by atoms with Crippen LogP contribution in [0.3, 0.4) is 0 Å². The van der Waals surface area contributed by atoms with Crippen LogP contribution in [-0.2, 0) is 19.4 Å². The van der Waals surface area contributed by atoms with Crippen LogP contribution in [0.2, 0.25) is 0 Å². The maximum Gasteiger partial charge on any atom is 0.251 e. The predicted molar refractivity (Wildman–Crippen MR) is 117 cm³/mol. The van der Waals surface area contributed by atoms with Crippen molar-refractivity contribution in [1.29, 1.82) is 0 Å². The lowest BCUT2D eigenvalue weighted by Crippen LogP contribution is -2.22. The van der Waals surface area contributed by atoms with Gasteiger partial charge in [0.2, 0.25) is 0 Å². The Hall–Kier alpha value is -2.33. The zero-order valence-corrected chi connectivity index (χ0v) is 17.9. The van der Waals surface area contributed by atoms with Crippen molar-refractivity contribution in [1.82, 2.24) is 9.88 Å². The Morgan fingerprint density at radius 3 is 2.71 bits per heavy atom. The number of hydrogen-bond donors (Lipinski definition) is 1. The Morgan fingerprint density at radius 2 is 1.96 bits per heavy atom. The summed E-state index contributed by atoms with van der Waals surface area (Å²) in [6.07, 6.45) is 3.53. The molecule has 4 heteroatoms. The molecule has 1 aromatic heterocycles. The summed E-state index contributed by atoms with van der Waals surface area (Å²) in [5.74, 6) is 0.714. The second-order valence-electron chi connectivity index (χ2n) is 7.80. The molecule has 1 amide bonds. The van der Waals surface area contributed by atoms with Crippen LogP contribution in [0.25, 0.3) is 5.69 Å². The smallest absolute Gasteiger partial charge is 0.251 e. The van der Waals surface area contributed by atoms with Gasteiger partial charge in [-0.2, -0.15) is 0 Å². The normalized spacial score (nSPS) is 15.9. The number of aromatic nitrogens is 1. The summed E-state index contributed by atoms with van der Waals surface area (Å²) in [4.78, 5) is 12.5. The van der Waals surface area contributed by atoms with Gasteiger partial charge in [-0.25, -0.2) is 0 Å². The highest BCUT2D eigenvalue weighted by Crippen LogP contribution is 2.30. The first-order chi connectivity index (χ1) is 13.5. The molecule has 0 aliphatic heterocycles. The lowest BCUT2D eigenvalue weighted by molar-refractivity contribution is 0.0951. The molecule has 2 aromatic carbocycles. The summed E-state index contributed by atoms with van der Waals surface area (Å²) in [5, 5.41) is 3.00. The largest absolute Gasteiger partial charge is 0.348 e. The number of hydrogen-bond acceptors (Lipinski definition) is 1. The molecule has 1 aliphatic rings. The lowest BCUT2D eigenvalue weighted by atomic mass is 9.89. The molecule has 0 bridgehead atoms. The molecular weight excluding hydrogens is 412 g/mol. The minimum absolute atomic E-state index is 0.0494. The number of nitrogens with zero attached hydrogens (tertiary/aromatic N) is 1. The summed E-state index contributed by atoms with van der Waals surface area (Å²) in [6, 6.07) is 18.2. The van der Waals surface area contributed by atoms with Crippen LogP contribution in [0, 0.1) is 12.8 Å². The van der Waals surface area contributed by atoms with E-state index in [0.717, 1.165) is 28.1 Å². The topological polar surface area (TPSA) is 34.0 Å². The van der Waals surface area contributed by atoms with Gasteiger partial charge in [0.15, 0.2) is 0 Å². The second kappa shape index (κ2) is 7.96. The number of nitrogens with one attached hydrogen (secondary N) is 1. The van der Waals surface area contributed by atoms with E-state index >= 15 is 0 Å². The third-order valence-electron chi connectivity index (χ3n) is 5.55. The molecule has 1 heterocycles. The average Bonchev–Trinajstić information content (AvgIpc) is 3.01. The van der Waals surface area contributed by atoms with Crippen molar-refractivity contribution in [2.24, 2.45) is 5.92 Å². The van der Waals surface area contributed by atoms with Crippen LogP contribution in [0.4, 0.5) is 0 Å². The van der Waals surface area contributed by atoms with E-state index in [0.29, 0.717) is 12.1 Å². The molecule has 1 aliphatic carbocycles. The number of aryl methyl sites for hydroxylation is 1. The highest BCUT2D eigenvalue weighted by Gasteiger charge is 2.21. The number of fused-ring (bicyclic) bond motifs is 1. The van der Waals surface area contributed by atoms with Crippen molar-refractivity contribution in [3.05, 3.63) is 87.1 Å². The van der Waals surface area contributed by atoms with E-state index in [9.17, 15) is 4.79 Å². The van der Waals surface area contributed by atoms with Crippen molar-refractivity contribution in [3.63, 3.8) is 0 Å². The van der Waals surface area contributed by atoms with Crippen LogP contribution in [0.1, 0.15) is 46.2 Å². The van der Waals surface area contributed by atoms with E-state index in [1.54, 1.807) is 0 Å².